The average molecular weight is 311 g/mol. The van der Waals surface area contributed by atoms with Crippen molar-refractivity contribution in [3.63, 3.8) is 0 Å². The van der Waals surface area contributed by atoms with Gasteiger partial charge in [-0.25, -0.2) is 4.39 Å². The van der Waals surface area contributed by atoms with Gasteiger partial charge in [0, 0.05) is 18.9 Å². The number of halogens is 2. The van der Waals surface area contributed by atoms with Crippen molar-refractivity contribution in [2.24, 2.45) is 0 Å². The molecule has 0 spiro atoms. The van der Waals surface area contributed by atoms with E-state index in [-0.39, 0.29) is 17.1 Å². The Bertz CT molecular complexity index is 652. The Kier molecular flexibility index (Phi) is 4.72. The molecule has 0 bridgehead atoms. The van der Waals surface area contributed by atoms with E-state index < -0.39 is 23.6 Å². The second-order valence-corrected chi connectivity index (χ2v) is 4.70. The molecular weight excluding hydrogens is 299 g/mol. The normalized spacial score (nSPS) is 12.0. The highest BCUT2D eigenvalue weighted by molar-refractivity contribution is 6.32. The number of aliphatic hydroxyl groups excluding tert-OH is 1. The summed E-state index contributed by atoms with van der Waals surface area (Å²) in [5, 5.41) is 21.7. The number of carbonyl (C=O) groups is 1. The van der Waals surface area contributed by atoms with Crippen LogP contribution in [0.5, 0.6) is 5.75 Å². The van der Waals surface area contributed by atoms with Crippen LogP contribution in [-0.2, 0) is 0 Å². The fraction of sp³-hybridized carbons (Fsp3) is 0.143. The number of aromatic nitrogens is 1. The summed E-state index contributed by atoms with van der Waals surface area (Å²) >= 11 is 5.60. The van der Waals surface area contributed by atoms with E-state index in [2.05, 4.69) is 10.3 Å². The molecule has 1 atom stereocenters. The molecular formula is C14H12ClFN2O3. The zero-order valence-corrected chi connectivity index (χ0v) is 11.5. The number of aromatic hydroxyl groups is 1. The second-order valence-electron chi connectivity index (χ2n) is 4.29. The lowest BCUT2D eigenvalue weighted by Crippen LogP contribution is -2.28. The fourth-order valence-corrected chi connectivity index (χ4v) is 1.93. The van der Waals surface area contributed by atoms with E-state index in [1.807, 2.05) is 0 Å². The van der Waals surface area contributed by atoms with Crippen LogP contribution in [0.4, 0.5) is 4.39 Å². The van der Waals surface area contributed by atoms with Crippen LogP contribution < -0.4 is 5.32 Å². The molecule has 1 aromatic heterocycles. The number of hydrogen-bond acceptors (Lipinski definition) is 4. The topological polar surface area (TPSA) is 82.5 Å². The molecule has 21 heavy (non-hydrogen) atoms. The van der Waals surface area contributed by atoms with Crippen molar-refractivity contribution >= 4 is 17.5 Å². The van der Waals surface area contributed by atoms with E-state index >= 15 is 0 Å². The predicted molar refractivity (Wildman–Crippen MR) is 74.6 cm³/mol. The molecule has 5 nitrogen and oxygen atoms in total. The van der Waals surface area contributed by atoms with Crippen LogP contribution >= 0.6 is 11.6 Å². The van der Waals surface area contributed by atoms with Crippen LogP contribution in [0.3, 0.4) is 0 Å². The first-order valence-electron chi connectivity index (χ1n) is 6.03. The summed E-state index contributed by atoms with van der Waals surface area (Å²) in [7, 11) is 0. The first-order chi connectivity index (χ1) is 9.99. The summed E-state index contributed by atoms with van der Waals surface area (Å²) in [6.07, 6.45) is 2.08. The Hall–Kier alpha value is -2.18. The van der Waals surface area contributed by atoms with Gasteiger partial charge in [0.1, 0.15) is 11.6 Å². The Balaban J connectivity index is 2.06. The number of carbonyl (C=O) groups excluding carboxylic acids is 1. The highest BCUT2D eigenvalue weighted by atomic mass is 35.5. The van der Waals surface area contributed by atoms with Gasteiger partial charge in [0.2, 0.25) is 0 Å². The summed E-state index contributed by atoms with van der Waals surface area (Å²) in [6, 6.07) is 4.98. The van der Waals surface area contributed by atoms with Crippen molar-refractivity contribution in [1.82, 2.24) is 10.3 Å². The van der Waals surface area contributed by atoms with E-state index in [0.717, 1.165) is 12.1 Å². The van der Waals surface area contributed by atoms with Crippen molar-refractivity contribution in [2.45, 2.75) is 6.10 Å². The number of hydrogen-bond donors (Lipinski definition) is 3. The highest BCUT2D eigenvalue weighted by Crippen LogP contribution is 2.28. The number of aliphatic hydroxyl groups is 1. The molecule has 110 valence electrons. The van der Waals surface area contributed by atoms with Crippen LogP contribution in [0.2, 0.25) is 5.02 Å². The third kappa shape index (κ3) is 3.68. The number of amides is 1. The molecule has 0 aliphatic rings. The van der Waals surface area contributed by atoms with Gasteiger partial charge in [-0.2, -0.15) is 0 Å². The maximum atomic E-state index is 13.2. The number of nitrogens with one attached hydrogen (secondary N) is 1. The highest BCUT2D eigenvalue weighted by Gasteiger charge is 2.17. The van der Waals surface area contributed by atoms with E-state index in [9.17, 15) is 19.4 Å². The molecule has 0 saturated heterocycles. The van der Waals surface area contributed by atoms with E-state index in [0.29, 0.717) is 5.56 Å². The maximum Gasteiger partial charge on any atom is 0.255 e. The molecule has 7 heteroatoms. The van der Waals surface area contributed by atoms with Crippen molar-refractivity contribution in [2.75, 3.05) is 6.54 Å². The number of rotatable bonds is 4. The minimum absolute atomic E-state index is 0.101. The minimum atomic E-state index is -0.942. The van der Waals surface area contributed by atoms with Crippen LogP contribution in [0, 0.1) is 5.82 Å². The van der Waals surface area contributed by atoms with Gasteiger partial charge >= 0.3 is 0 Å². The zero-order chi connectivity index (χ0) is 15.4. The summed E-state index contributed by atoms with van der Waals surface area (Å²) in [5.41, 5.74) is 0.286. The molecule has 3 N–H and O–H groups in total. The molecule has 0 aliphatic carbocycles. The number of nitrogens with zero attached hydrogens (tertiary/aromatic N) is 1. The van der Waals surface area contributed by atoms with Crippen LogP contribution in [0.1, 0.15) is 22.0 Å². The number of phenolic OH excluding ortho intramolecular Hbond substituents is 1. The predicted octanol–water partition coefficient (Wildman–Crippen LogP) is 2.04. The summed E-state index contributed by atoms with van der Waals surface area (Å²) in [6.45, 7) is -0.101. The molecule has 0 aliphatic heterocycles. The van der Waals surface area contributed by atoms with Gasteiger partial charge in [-0.15, -0.1) is 0 Å². The lowest BCUT2D eigenvalue weighted by Gasteiger charge is -2.13. The molecule has 2 aromatic rings. The average Bonchev–Trinajstić information content (AvgIpc) is 2.49. The van der Waals surface area contributed by atoms with Gasteiger partial charge in [-0.05, 0) is 29.8 Å². The molecule has 0 fully saturated rings. The summed E-state index contributed by atoms with van der Waals surface area (Å²) < 4.78 is 13.2. The molecule has 1 unspecified atom stereocenters. The Morgan fingerprint density at radius 1 is 1.38 bits per heavy atom. The monoisotopic (exact) mass is 310 g/mol. The second kappa shape index (κ2) is 6.51. The van der Waals surface area contributed by atoms with Gasteiger partial charge in [-0.3, -0.25) is 9.78 Å². The van der Waals surface area contributed by atoms with Crippen molar-refractivity contribution in [3.8, 4) is 5.75 Å². The molecule has 0 saturated carbocycles. The SMILES string of the molecule is O=C(NCC(O)c1ccncc1)c1cc(F)cc(Cl)c1O. The number of benzene rings is 1. The van der Waals surface area contributed by atoms with Crippen LogP contribution in [-0.4, -0.2) is 27.6 Å². The third-order valence-electron chi connectivity index (χ3n) is 2.82. The lowest BCUT2D eigenvalue weighted by atomic mass is 10.1. The van der Waals surface area contributed by atoms with Crippen LogP contribution in [0.15, 0.2) is 36.7 Å². The van der Waals surface area contributed by atoms with Crippen molar-refractivity contribution in [1.29, 1.82) is 0 Å². The molecule has 1 heterocycles. The van der Waals surface area contributed by atoms with E-state index in [1.54, 1.807) is 12.1 Å². The van der Waals surface area contributed by atoms with Crippen molar-refractivity contribution < 1.29 is 19.4 Å². The molecule has 2 rings (SSSR count). The maximum absolute atomic E-state index is 13.2. The lowest BCUT2D eigenvalue weighted by molar-refractivity contribution is 0.0913. The zero-order valence-electron chi connectivity index (χ0n) is 10.8. The molecule has 1 aromatic carbocycles. The van der Waals surface area contributed by atoms with Crippen LogP contribution in [0.25, 0.3) is 0 Å². The first kappa shape index (κ1) is 15.2. The van der Waals surface area contributed by atoms with E-state index in [1.165, 1.54) is 12.4 Å². The third-order valence-corrected chi connectivity index (χ3v) is 3.11. The van der Waals surface area contributed by atoms with Gasteiger partial charge in [0.05, 0.1) is 16.7 Å². The summed E-state index contributed by atoms with van der Waals surface area (Å²) in [4.78, 5) is 15.7. The smallest absolute Gasteiger partial charge is 0.255 e. The Labute approximate surface area is 125 Å². The van der Waals surface area contributed by atoms with Gasteiger partial charge in [-0.1, -0.05) is 11.6 Å². The minimum Gasteiger partial charge on any atom is -0.506 e. The first-order valence-corrected chi connectivity index (χ1v) is 6.41. The molecule has 0 radical (unpaired) electrons. The number of pyridine rings is 1. The largest absolute Gasteiger partial charge is 0.506 e. The van der Waals surface area contributed by atoms with Crippen molar-refractivity contribution in [3.05, 3.63) is 58.6 Å². The molecule has 1 amide bonds. The van der Waals surface area contributed by atoms with Gasteiger partial charge in [0.15, 0.2) is 0 Å². The fourth-order valence-electron chi connectivity index (χ4n) is 1.73. The summed E-state index contributed by atoms with van der Waals surface area (Å²) in [5.74, 6) is -1.98. The van der Waals surface area contributed by atoms with Gasteiger partial charge < -0.3 is 15.5 Å². The van der Waals surface area contributed by atoms with Gasteiger partial charge in [0.25, 0.3) is 5.91 Å². The standard InChI is InChI=1S/C14H12ClFN2O3/c15-11-6-9(16)5-10(13(11)20)14(21)18-7-12(19)8-1-3-17-4-2-8/h1-6,12,19-20H,7H2,(H,18,21). The van der Waals surface area contributed by atoms with E-state index in [4.69, 9.17) is 11.6 Å². The number of phenols is 1. The quantitative estimate of drug-likeness (QED) is 0.807. The Morgan fingerprint density at radius 3 is 2.71 bits per heavy atom. The Morgan fingerprint density at radius 2 is 2.05 bits per heavy atom.